The van der Waals surface area contributed by atoms with Crippen LogP contribution in [0.2, 0.25) is 0 Å². The highest BCUT2D eigenvalue weighted by Crippen LogP contribution is 2.23. The summed E-state index contributed by atoms with van der Waals surface area (Å²) < 4.78 is 0. The van der Waals surface area contributed by atoms with E-state index in [1.165, 1.54) is 6.42 Å². The van der Waals surface area contributed by atoms with Crippen molar-refractivity contribution in [3.63, 3.8) is 0 Å². The van der Waals surface area contributed by atoms with Crippen LogP contribution in [0.4, 0.5) is 17.1 Å². The molecule has 2 aromatic carbocycles. The first-order chi connectivity index (χ1) is 15.5. The summed E-state index contributed by atoms with van der Waals surface area (Å²) in [7, 11) is 0. The zero-order chi connectivity index (χ0) is 22.9. The fourth-order valence-corrected chi connectivity index (χ4v) is 3.84. The molecule has 0 radical (unpaired) electrons. The number of anilines is 3. The van der Waals surface area contributed by atoms with Gasteiger partial charge in [0.05, 0.1) is 6.54 Å². The molecule has 1 saturated carbocycles. The molecule has 7 nitrogen and oxygen atoms in total. The Bertz CT molecular complexity index is 967. The molecule has 1 aliphatic carbocycles. The van der Waals surface area contributed by atoms with Gasteiger partial charge in [-0.25, -0.2) is 0 Å². The standard InChI is InChI=1S/C25H32N4O3/c1-3-23(30)29-22-14-8-13-21(17(22)2)26-16-24(31)27-20-12-7-9-18(15-20)25(32)28-19-10-5-4-6-11-19/h7-9,12-15,19,26H,3-6,10-11,16H2,1-2H3,(H,27,31)(H,28,32)(H,29,30). The van der Waals surface area contributed by atoms with Crippen molar-refractivity contribution in [2.75, 3.05) is 22.5 Å². The Morgan fingerprint density at radius 2 is 1.62 bits per heavy atom. The molecule has 1 aliphatic rings. The van der Waals surface area contributed by atoms with Gasteiger partial charge in [0.2, 0.25) is 11.8 Å². The molecule has 0 spiro atoms. The molecule has 0 aliphatic heterocycles. The summed E-state index contributed by atoms with van der Waals surface area (Å²) in [6, 6.07) is 12.7. The first kappa shape index (κ1) is 23.3. The second-order valence-corrected chi connectivity index (χ2v) is 8.17. The van der Waals surface area contributed by atoms with Crippen LogP contribution < -0.4 is 21.3 Å². The highest BCUT2D eigenvalue weighted by atomic mass is 16.2. The molecule has 170 valence electrons. The molecular weight excluding hydrogens is 404 g/mol. The summed E-state index contributed by atoms with van der Waals surface area (Å²) >= 11 is 0. The fourth-order valence-electron chi connectivity index (χ4n) is 3.84. The first-order valence-electron chi connectivity index (χ1n) is 11.3. The van der Waals surface area contributed by atoms with Gasteiger partial charge in [-0.05, 0) is 55.7 Å². The number of amides is 3. The zero-order valence-corrected chi connectivity index (χ0v) is 18.8. The average molecular weight is 437 g/mol. The van der Waals surface area contributed by atoms with Crippen LogP contribution in [-0.2, 0) is 9.59 Å². The van der Waals surface area contributed by atoms with E-state index in [1.54, 1.807) is 31.2 Å². The molecule has 3 rings (SSSR count). The molecule has 32 heavy (non-hydrogen) atoms. The lowest BCUT2D eigenvalue weighted by molar-refractivity contribution is -0.116. The van der Waals surface area contributed by atoms with Gasteiger partial charge in [-0.1, -0.05) is 38.3 Å². The first-order valence-corrected chi connectivity index (χ1v) is 11.3. The highest BCUT2D eigenvalue weighted by Gasteiger charge is 2.17. The van der Waals surface area contributed by atoms with Crippen molar-refractivity contribution in [1.82, 2.24) is 5.32 Å². The van der Waals surface area contributed by atoms with Gasteiger partial charge in [-0.15, -0.1) is 0 Å². The SMILES string of the molecule is CCC(=O)Nc1cccc(NCC(=O)Nc2cccc(C(=O)NC3CCCCC3)c2)c1C. The number of carbonyl (C=O) groups is 3. The van der Waals surface area contributed by atoms with E-state index in [9.17, 15) is 14.4 Å². The summed E-state index contributed by atoms with van der Waals surface area (Å²) in [5.41, 5.74) is 3.47. The summed E-state index contributed by atoms with van der Waals surface area (Å²) in [6.07, 6.45) is 5.99. The van der Waals surface area contributed by atoms with Crippen molar-refractivity contribution in [3.8, 4) is 0 Å². The topological polar surface area (TPSA) is 99.3 Å². The molecule has 2 aromatic rings. The van der Waals surface area contributed by atoms with Gasteiger partial charge in [0.15, 0.2) is 0 Å². The normalized spacial score (nSPS) is 13.8. The molecule has 0 aromatic heterocycles. The molecule has 0 bridgehead atoms. The molecule has 4 N–H and O–H groups in total. The van der Waals surface area contributed by atoms with Crippen molar-refractivity contribution in [1.29, 1.82) is 0 Å². The van der Waals surface area contributed by atoms with Crippen LogP contribution in [0.15, 0.2) is 42.5 Å². The predicted octanol–water partition coefficient (Wildman–Crippen LogP) is 4.46. The van der Waals surface area contributed by atoms with E-state index in [0.29, 0.717) is 17.7 Å². The van der Waals surface area contributed by atoms with Crippen LogP contribution in [0.5, 0.6) is 0 Å². The summed E-state index contributed by atoms with van der Waals surface area (Å²) in [5.74, 6) is -0.389. The van der Waals surface area contributed by atoms with E-state index >= 15 is 0 Å². The van der Waals surface area contributed by atoms with Crippen LogP contribution >= 0.6 is 0 Å². The molecule has 0 unspecified atom stereocenters. The second-order valence-electron chi connectivity index (χ2n) is 8.17. The minimum Gasteiger partial charge on any atom is -0.376 e. The molecule has 0 atom stereocenters. The van der Waals surface area contributed by atoms with Crippen LogP contribution in [0, 0.1) is 6.92 Å². The lowest BCUT2D eigenvalue weighted by atomic mass is 9.95. The number of benzene rings is 2. The van der Waals surface area contributed by atoms with Crippen molar-refractivity contribution in [3.05, 3.63) is 53.6 Å². The Labute approximate surface area is 189 Å². The van der Waals surface area contributed by atoms with Gasteiger partial charge in [-0.3, -0.25) is 14.4 Å². The third-order valence-electron chi connectivity index (χ3n) is 5.72. The van der Waals surface area contributed by atoms with E-state index in [2.05, 4.69) is 21.3 Å². The number of carbonyl (C=O) groups excluding carboxylic acids is 3. The minimum atomic E-state index is -0.225. The molecular formula is C25H32N4O3. The maximum absolute atomic E-state index is 12.6. The van der Waals surface area contributed by atoms with Crippen LogP contribution in [0.25, 0.3) is 0 Å². The smallest absolute Gasteiger partial charge is 0.251 e. The molecule has 0 heterocycles. The second kappa shape index (κ2) is 11.3. The van der Waals surface area contributed by atoms with E-state index in [1.807, 2.05) is 25.1 Å². The Balaban J connectivity index is 1.55. The summed E-state index contributed by atoms with van der Waals surface area (Å²) in [4.78, 5) is 36.7. The van der Waals surface area contributed by atoms with Crippen molar-refractivity contribution in [2.45, 2.75) is 58.4 Å². The van der Waals surface area contributed by atoms with Gasteiger partial charge in [0.1, 0.15) is 0 Å². The van der Waals surface area contributed by atoms with Gasteiger partial charge in [0.25, 0.3) is 5.91 Å². The maximum Gasteiger partial charge on any atom is 0.251 e. The van der Waals surface area contributed by atoms with E-state index < -0.39 is 0 Å². The fraction of sp³-hybridized carbons (Fsp3) is 0.400. The van der Waals surface area contributed by atoms with E-state index in [4.69, 9.17) is 0 Å². The van der Waals surface area contributed by atoms with Crippen LogP contribution in [0.3, 0.4) is 0 Å². The van der Waals surface area contributed by atoms with Gasteiger partial charge in [0, 0.05) is 35.1 Å². The third-order valence-corrected chi connectivity index (χ3v) is 5.72. The van der Waals surface area contributed by atoms with Crippen molar-refractivity contribution in [2.24, 2.45) is 0 Å². The van der Waals surface area contributed by atoms with Crippen molar-refractivity contribution >= 4 is 34.8 Å². The van der Waals surface area contributed by atoms with E-state index in [0.717, 1.165) is 42.6 Å². The number of nitrogens with one attached hydrogen (secondary N) is 4. The quantitative estimate of drug-likeness (QED) is 0.491. The zero-order valence-electron chi connectivity index (χ0n) is 18.8. The summed E-state index contributed by atoms with van der Waals surface area (Å²) in [6.45, 7) is 3.75. The number of hydrogen-bond donors (Lipinski definition) is 4. The third kappa shape index (κ3) is 6.57. The number of hydrogen-bond acceptors (Lipinski definition) is 4. The molecule has 3 amide bonds. The van der Waals surface area contributed by atoms with Crippen molar-refractivity contribution < 1.29 is 14.4 Å². The molecule has 1 fully saturated rings. The molecule has 0 saturated heterocycles. The Morgan fingerprint density at radius 3 is 2.38 bits per heavy atom. The van der Waals surface area contributed by atoms with E-state index in [-0.39, 0.29) is 30.3 Å². The Kier molecular flexibility index (Phi) is 8.25. The molecule has 7 heteroatoms. The Hall–Kier alpha value is -3.35. The lowest BCUT2D eigenvalue weighted by Crippen LogP contribution is -2.36. The maximum atomic E-state index is 12.6. The van der Waals surface area contributed by atoms with Gasteiger partial charge < -0.3 is 21.3 Å². The lowest BCUT2D eigenvalue weighted by Gasteiger charge is -2.22. The highest BCUT2D eigenvalue weighted by molar-refractivity contribution is 5.98. The largest absolute Gasteiger partial charge is 0.376 e. The van der Waals surface area contributed by atoms with Crippen LogP contribution in [-0.4, -0.2) is 30.3 Å². The Morgan fingerprint density at radius 1 is 0.906 bits per heavy atom. The monoisotopic (exact) mass is 436 g/mol. The minimum absolute atomic E-state index is 0.0598. The van der Waals surface area contributed by atoms with Gasteiger partial charge in [-0.2, -0.15) is 0 Å². The number of rotatable bonds is 8. The van der Waals surface area contributed by atoms with Crippen LogP contribution in [0.1, 0.15) is 61.4 Å². The predicted molar refractivity (Wildman–Crippen MR) is 128 cm³/mol. The summed E-state index contributed by atoms with van der Waals surface area (Å²) in [5, 5.41) is 11.9. The van der Waals surface area contributed by atoms with Gasteiger partial charge >= 0.3 is 0 Å². The average Bonchev–Trinajstić information content (AvgIpc) is 2.80.